The van der Waals surface area contributed by atoms with E-state index in [0.29, 0.717) is 17.1 Å². The quantitative estimate of drug-likeness (QED) is 0.461. The van der Waals surface area contributed by atoms with Gasteiger partial charge in [-0.05, 0) is 67.6 Å². The Morgan fingerprint density at radius 3 is 2.46 bits per heavy atom. The van der Waals surface area contributed by atoms with Gasteiger partial charge < -0.3 is 4.74 Å². The maximum atomic E-state index is 9.24. The number of hydrogen-bond acceptors (Lipinski definition) is 4. The summed E-state index contributed by atoms with van der Waals surface area (Å²) >= 11 is 0. The van der Waals surface area contributed by atoms with Gasteiger partial charge in [0, 0.05) is 34.8 Å². The highest BCUT2D eigenvalue weighted by Crippen LogP contribution is 2.34. The van der Waals surface area contributed by atoms with Gasteiger partial charge in [-0.15, -0.1) is 0 Å². The average molecular weight is 363 g/mol. The van der Waals surface area contributed by atoms with E-state index in [4.69, 9.17) is 4.74 Å². The topological polar surface area (TPSA) is 58.8 Å². The van der Waals surface area contributed by atoms with Crippen LogP contribution in [0.25, 0.3) is 22.4 Å². The van der Waals surface area contributed by atoms with Crippen LogP contribution in [0.1, 0.15) is 11.3 Å². The van der Waals surface area contributed by atoms with E-state index in [9.17, 15) is 5.26 Å². The van der Waals surface area contributed by atoms with Crippen molar-refractivity contribution in [1.82, 2.24) is 9.97 Å². The summed E-state index contributed by atoms with van der Waals surface area (Å²) < 4.78 is 6.12. The van der Waals surface area contributed by atoms with E-state index in [1.165, 1.54) is 0 Å². The van der Waals surface area contributed by atoms with Crippen LogP contribution in [0.3, 0.4) is 0 Å². The highest BCUT2D eigenvalue weighted by molar-refractivity contribution is 5.72. The Kier molecular flexibility index (Phi) is 4.81. The molecule has 4 nitrogen and oxygen atoms in total. The van der Waals surface area contributed by atoms with Crippen molar-refractivity contribution in [3.8, 4) is 40.0 Å². The second-order valence-corrected chi connectivity index (χ2v) is 6.36. The maximum absolute atomic E-state index is 9.24. The number of nitriles is 1. The summed E-state index contributed by atoms with van der Waals surface area (Å²) in [4.78, 5) is 8.72. The first-order valence-corrected chi connectivity index (χ1v) is 8.89. The fourth-order valence-corrected chi connectivity index (χ4v) is 2.96. The van der Waals surface area contributed by atoms with E-state index in [-0.39, 0.29) is 0 Å². The average Bonchev–Trinajstić information content (AvgIpc) is 2.75. The molecule has 0 aliphatic rings. The predicted octanol–water partition coefficient (Wildman–Crippen LogP) is 5.78. The lowest BCUT2D eigenvalue weighted by molar-refractivity contribution is 0.484. The van der Waals surface area contributed by atoms with Gasteiger partial charge in [0.25, 0.3) is 0 Å². The van der Waals surface area contributed by atoms with Crippen molar-refractivity contribution in [1.29, 1.82) is 5.26 Å². The zero-order chi connectivity index (χ0) is 19.3. The number of benzene rings is 2. The summed E-state index contributed by atoms with van der Waals surface area (Å²) in [5.41, 5.74) is 5.25. The molecule has 0 saturated carbocycles. The standard InChI is InChI=1S/C24H17N3O/c1-17-4-2-6-23(27-17)19-8-10-21(11-9-19)28-24-12-7-18(15-25)14-22(24)20-5-3-13-26-16-20/h2-14,16H,1H3. The number of rotatable bonds is 4. The van der Waals surface area contributed by atoms with Gasteiger partial charge in [-0.3, -0.25) is 9.97 Å². The monoisotopic (exact) mass is 363 g/mol. The maximum Gasteiger partial charge on any atom is 0.135 e. The second-order valence-electron chi connectivity index (χ2n) is 6.36. The number of pyridine rings is 2. The van der Waals surface area contributed by atoms with Crippen LogP contribution in [0, 0.1) is 18.3 Å². The minimum atomic E-state index is 0.576. The van der Waals surface area contributed by atoms with Crippen molar-refractivity contribution >= 4 is 0 Å². The minimum absolute atomic E-state index is 0.576. The number of ether oxygens (including phenoxy) is 1. The van der Waals surface area contributed by atoms with Gasteiger partial charge in [0.05, 0.1) is 17.3 Å². The zero-order valence-electron chi connectivity index (χ0n) is 15.3. The molecular weight excluding hydrogens is 346 g/mol. The Bertz CT molecular complexity index is 1150. The van der Waals surface area contributed by atoms with Gasteiger partial charge in [-0.1, -0.05) is 12.1 Å². The number of aryl methyl sites for hydroxylation is 1. The lowest BCUT2D eigenvalue weighted by atomic mass is 10.0. The lowest BCUT2D eigenvalue weighted by Gasteiger charge is -2.12. The molecule has 2 aromatic carbocycles. The molecule has 0 N–H and O–H groups in total. The van der Waals surface area contributed by atoms with Gasteiger partial charge in [-0.2, -0.15) is 5.26 Å². The molecule has 2 aromatic heterocycles. The minimum Gasteiger partial charge on any atom is -0.457 e. The molecule has 0 amide bonds. The molecule has 0 radical (unpaired) electrons. The molecule has 28 heavy (non-hydrogen) atoms. The predicted molar refractivity (Wildman–Crippen MR) is 109 cm³/mol. The molecule has 4 heteroatoms. The Balaban J connectivity index is 1.65. The van der Waals surface area contributed by atoms with Crippen LogP contribution in [-0.2, 0) is 0 Å². The fraction of sp³-hybridized carbons (Fsp3) is 0.0417. The van der Waals surface area contributed by atoms with Gasteiger partial charge >= 0.3 is 0 Å². The molecule has 4 aromatic rings. The van der Waals surface area contributed by atoms with Crippen LogP contribution >= 0.6 is 0 Å². The van der Waals surface area contributed by atoms with Crippen molar-refractivity contribution in [2.75, 3.05) is 0 Å². The van der Waals surface area contributed by atoms with Crippen LogP contribution in [-0.4, -0.2) is 9.97 Å². The van der Waals surface area contributed by atoms with Gasteiger partial charge in [0.15, 0.2) is 0 Å². The summed E-state index contributed by atoms with van der Waals surface area (Å²) in [6.07, 6.45) is 3.48. The zero-order valence-corrected chi connectivity index (χ0v) is 15.3. The van der Waals surface area contributed by atoms with Crippen molar-refractivity contribution in [2.24, 2.45) is 0 Å². The SMILES string of the molecule is Cc1cccc(-c2ccc(Oc3ccc(C#N)cc3-c3cccnc3)cc2)n1. The van der Waals surface area contributed by atoms with Gasteiger partial charge in [0.1, 0.15) is 11.5 Å². The van der Waals surface area contributed by atoms with E-state index >= 15 is 0 Å². The molecule has 2 heterocycles. The molecule has 0 unspecified atom stereocenters. The van der Waals surface area contributed by atoms with Crippen molar-refractivity contribution in [3.63, 3.8) is 0 Å². The number of aromatic nitrogens is 2. The molecule has 0 atom stereocenters. The Hall–Kier alpha value is -3.97. The van der Waals surface area contributed by atoms with E-state index in [1.54, 1.807) is 18.5 Å². The van der Waals surface area contributed by atoms with Gasteiger partial charge in [-0.25, -0.2) is 0 Å². The molecule has 0 bridgehead atoms. The van der Waals surface area contributed by atoms with E-state index < -0.39 is 0 Å². The normalized spacial score (nSPS) is 10.3. The summed E-state index contributed by atoms with van der Waals surface area (Å²) in [6, 6.07) is 25.2. The van der Waals surface area contributed by atoms with Crippen LogP contribution in [0.5, 0.6) is 11.5 Å². The third-order valence-electron chi connectivity index (χ3n) is 4.35. The van der Waals surface area contributed by atoms with Crippen molar-refractivity contribution < 1.29 is 4.74 Å². The summed E-state index contributed by atoms with van der Waals surface area (Å²) in [5, 5.41) is 9.24. The largest absolute Gasteiger partial charge is 0.457 e. The molecule has 4 rings (SSSR count). The van der Waals surface area contributed by atoms with Crippen LogP contribution < -0.4 is 4.74 Å². The van der Waals surface area contributed by atoms with E-state index in [0.717, 1.165) is 28.1 Å². The summed E-state index contributed by atoms with van der Waals surface area (Å²) in [7, 11) is 0. The molecule has 0 aliphatic carbocycles. The van der Waals surface area contributed by atoms with Crippen LogP contribution in [0.15, 0.2) is 85.2 Å². The summed E-state index contributed by atoms with van der Waals surface area (Å²) in [5.74, 6) is 1.39. The Morgan fingerprint density at radius 1 is 0.893 bits per heavy atom. The number of hydrogen-bond donors (Lipinski definition) is 0. The molecular formula is C24H17N3O. The van der Waals surface area contributed by atoms with E-state index in [2.05, 4.69) is 16.0 Å². The van der Waals surface area contributed by atoms with Gasteiger partial charge in [0.2, 0.25) is 0 Å². The molecule has 0 spiro atoms. The highest BCUT2D eigenvalue weighted by atomic mass is 16.5. The van der Waals surface area contributed by atoms with E-state index in [1.807, 2.05) is 73.7 Å². The third-order valence-corrected chi connectivity index (χ3v) is 4.35. The van der Waals surface area contributed by atoms with Crippen molar-refractivity contribution in [2.45, 2.75) is 6.92 Å². The first-order chi connectivity index (χ1) is 13.7. The molecule has 0 saturated heterocycles. The lowest BCUT2D eigenvalue weighted by Crippen LogP contribution is -1.91. The highest BCUT2D eigenvalue weighted by Gasteiger charge is 2.10. The number of nitrogens with zero attached hydrogens (tertiary/aromatic N) is 3. The fourth-order valence-electron chi connectivity index (χ4n) is 2.96. The third kappa shape index (κ3) is 3.74. The second kappa shape index (κ2) is 7.73. The van der Waals surface area contributed by atoms with Crippen LogP contribution in [0.4, 0.5) is 0 Å². The summed E-state index contributed by atoms with van der Waals surface area (Å²) in [6.45, 7) is 1.98. The van der Waals surface area contributed by atoms with Crippen LogP contribution in [0.2, 0.25) is 0 Å². The molecule has 0 aliphatic heterocycles. The first kappa shape index (κ1) is 17.4. The first-order valence-electron chi connectivity index (χ1n) is 8.89. The van der Waals surface area contributed by atoms with Crippen molar-refractivity contribution in [3.05, 3.63) is 96.4 Å². The Morgan fingerprint density at radius 2 is 1.75 bits per heavy atom. The molecule has 134 valence electrons. The smallest absolute Gasteiger partial charge is 0.135 e. The Labute approximate surface area is 163 Å². The molecule has 0 fully saturated rings.